The van der Waals surface area contributed by atoms with Crippen LogP contribution >= 0.6 is 0 Å². The molecule has 0 aliphatic rings. The second kappa shape index (κ2) is 4.32. The maximum Gasteiger partial charge on any atom is 0.259 e. The Bertz CT molecular complexity index is 566. The molecule has 2 aromatic rings. The van der Waals surface area contributed by atoms with E-state index in [2.05, 4.69) is 10.5 Å². The van der Waals surface area contributed by atoms with Gasteiger partial charge in [-0.15, -0.1) is 0 Å². The van der Waals surface area contributed by atoms with Gasteiger partial charge in [-0.2, -0.15) is 0 Å². The van der Waals surface area contributed by atoms with Crippen LogP contribution in [0, 0.1) is 18.6 Å². The standard InChI is InChI=1S/C11H8F2N2O2/c1-6-4-10(15-17-6)14-11(16)8-3-2-7(12)5-9(8)13/h2-5H,1H3,(H,14,15,16). The maximum absolute atomic E-state index is 13.3. The Morgan fingerprint density at radius 2 is 2.12 bits per heavy atom. The molecule has 0 radical (unpaired) electrons. The monoisotopic (exact) mass is 238 g/mol. The second-order valence-electron chi connectivity index (χ2n) is 3.40. The molecule has 0 aliphatic heterocycles. The smallest absolute Gasteiger partial charge is 0.259 e. The predicted molar refractivity (Wildman–Crippen MR) is 55.6 cm³/mol. The van der Waals surface area contributed by atoms with Gasteiger partial charge in [-0.25, -0.2) is 8.78 Å². The van der Waals surface area contributed by atoms with Crippen molar-refractivity contribution in [2.24, 2.45) is 0 Å². The van der Waals surface area contributed by atoms with Crippen LogP contribution in [0.5, 0.6) is 0 Å². The summed E-state index contributed by atoms with van der Waals surface area (Å²) >= 11 is 0. The fourth-order valence-electron chi connectivity index (χ4n) is 1.28. The largest absolute Gasteiger partial charge is 0.360 e. The SMILES string of the molecule is Cc1cc(NC(=O)c2ccc(F)cc2F)no1. The molecular formula is C11H8F2N2O2. The van der Waals surface area contributed by atoms with Gasteiger partial charge in [-0.05, 0) is 19.1 Å². The van der Waals surface area contributed by atoms with Crippen molar-refractivity contribution in [3.05, 3.63) is 47.2 Å². The van der Waals surface area contributed by atoms with Crippen molar-refractivity contribution in [3.63, 3.8) is 0 Å². The van der Waals surface area contributed by atoms with E-state index in [1.165, 1.54) is 6.07 Å². The average Bonchev–Trinajstić information content (AvgIpc) is 2.63. The Balaban J connectivity index is 2.20. The third-order valence-corrected chi connectivity index (χ3v) is 2.05. The summed E-state index contributed by atoms with van der Waals surface area (Å²) in [6, 6.07) is 4.20. The summed E-state index contributed by atoms with van der Waals surface area (Å²) in [4.78, 5) is 11.6. The molecule has 0 fully saturated rings. The molecule has 0 bridgehead atoms. The molecule has 1 aromatic carbocycles. The summed E-state index contributed by atoms with van der Waals surface area (Å²) in [7, 11) is 0. The molecule has 1 N–H and O–H groups in total. The number of halogens is 2. The van der Waals surface area contributed by atoms with Crippen molar-refractivity contribution in [2.45, 2.75) is 6.92 Å². The number of hydrogen-bond donors (Lipinski definition) is 1. The number of carbonyl (C=O) groups excluding carboxylic acids is 1. The van der Waals surface area contributed by atoms with Gasteiger partial charge in [0.15, 0.2) is 5.82 Å². The molecule has 6 heteroatoms. The lowest BCUT2D eigenvalue weighted by Crippen LogP contribution is -2.14. The van der Waals surface area contributed by atoms with Crippen molar-refractivity contribution in [1.82, 2.24) is 5.16 Å². The predicted octanol–water partition coefficient (Wildman–Crippen LogP) is 2.51. The summed E-state index contributed by atoms with van der Waals surface area (Å²) in [5.74, 6) is -1.69. The first-order valence-electron chi connectivity index (χ1n) is 4.76. The molecule has 1 heterocycles. The molecule has 4 nitrogen and oxygen atoms in total. The molecule has 88 valence electrons. The van der Waals surface area contributed by atoms with Crippen molar-refractivity contribution in [2.75, 3.05) is 5.32 Å². The molecular weight excluding hydrogens is 230 g/mol. The number of nitrogens with zero attached hydrogens (tertiary/aromatic N) is 1. The van der Waals surface area contributed by atoms with E-state index >= 15 is 0 Å². The van der Waals surface area contributed by atoms with Gasteiger partial charge < -0.3 is 9.84 Å². The highest BCUT2D eigenvalue weighted by molar-refractivity contribution is 6.03. The van der Waals surface area contributed by atoms with E-state index in [0.717, 1.165) is 12.1 Å². The van der Waals surface area contributed by atoms with Crippen LogP contribution in [0.25, 0.3) is 0 Å². The number of rotatable bonds is 2. The molecule has 2 rings (SSSR count). The van der Waals surface area contributed by atoms with Gasteiger partial charge in [-0.1, -0.05) is 5.16 Å². The Kier molecular flexibility index (Phi) is 2.86. The number of anilines is 1. The van der Waals surface area contributed by atoms with Crippen LogP contribution in [-0.4, -0.2) is 11.1 Å². The van der Waals surface area contributed by atoms with Crippen molar-refractivity contribution in [1.29, 1.82) is 0 Å². The quantitative estimate of drug-likeness (QED) is 0.874. The first-order valence-corrected chi connectivity index (χ1v) is 4.76. The minimum absolute atomic E-state index is 0.177. The zero-order valence-corrected chi connectivity index (χ0v) is 8.83. The third-order valence-electron chi connectivity index (χ3n) is 2.05. The van der Waals surface area contributed by atoms with Crippen molar-refractivity contribution >= 4 is 11.7 Å². The molecule has 1 aromatic heterocycles. The topological polar surface area (TPSA) is 55.1 Å². The van der Waals surface area contributed by atoms with Gasteiger partial charge >= 0.3 is 0 Å². The van der Waals surface area contributed by atoms with Gasteiger partial charge in [0.2, 0.25) is 0 Å². The molecule has 1 amide bonds. The number of carbonyl (C=O) groups is 1. The normalized spacial score (nSPS) is 10.3. The van der Waals surface area contributed by atoms with Gasteiger partial charge in [0.05, 0.1) is 5.56 Å². The number of amides is 1. The molecule has 0 spiro atoms. The van der Waals surface area contributed by atoms with Crippen LogP contribution in [-0.2, 0) is 0 Å². The number of benzene rings is 1. The Morgan fingerprint density at radius 1 is 1.35 bits per heavy atom. The lowest BCUT2D eigenvalue weighted by molar-refractivity contribution is 0.102. The average molecular weight is 238 g/mol. The van der Waals surface area contributed by atoms with Crippen LogP contribution in [0.3, 0.4) is 0 Å². The van der Waals surface area contributed by atoms with E-state index in [0.29, 0.717) is 11.8 Å². The first kappa shape index (κ1) is 11.3. The van der Waals surface area contributed by atoms with Gasteiger partial charge in [0, 0.05) is 12.1 Å². The van der Waals surface area contributed by atoms with E-state index in [4.69, 9.17) is 4.52 Å². The van der Waals surface area contributed by atoms with Crippen LogP contribution < -0.4 is 5.32 Å². The maximum atomic E-state index is 13.3. The van der Waals surface area contributed by atoms with E-state index in [-0.39, 0.29) is 11.4 Å². The first-order chi connectivity index (χ1) is 8.06. The highest BCUT2D eigenvalue weighted by Gasteiger charge is 2.14. The lowest BCUT2D eigenvalue weighted by atomic mass is 10.2. The van der Waals surface area contributed by atoms with Gasteiger partial charge in [0.25, 0.3) is 5.91 Å². The highest BCUT2D eigenvalue weighted by atomic mass is 19.1. The summed E-state index contributed by atoms with van der Waals surface area (Å²) < 4.78 is 30.6. The number of aryl methyl sites for hydroxylation is 1. The molecule has 0 saturated carbocycles. The summed E-state index contributed by atoms with van der Waals surface area (Å²) in [5.41, 5.74) is -0.257. The van der Waals surface area contributed by atoms with Crippen LogP contribution in [0.2, 0.25) is 0 Å². The van der Waals surface area contributed by atoms with Crippen molar-refractivity contribution in [3.8, 4) is 0 Å². The molecule has 0 unspecified atom stereocenters. The zero-order chi connectivity index (χ0) is 12.4. The minimum Gasteiger partial charge on any atom is -0.360 e. The Morgan fingerprint density at radius 3 is 2.71 bits per heavy atom. The fraction of sp³-hybridized carbons (Fsp3) is 0.0909. The van der Waals surface area contributed by atoms with Crippen LogP contribution in [0.1, 0.15) is 16.1 Å². The number of nitrogens with one attached hydrogen (secondary N) is 1. The van der Waals surface area contributed by atoms with Gasteiger partial charge in [-0.3, -0.25) is 4.79 Å². The summed E-state index contributed by atoms with van der Waals surface area (Å²) in [5, 5.41) is 5.86. The lowest BCUT2D eigenvalue weighted by Gasteiger charge is -2.02. The zero-order valence-electron chi connectivity index (χ0n) is 8.83. The molecule has 0 saturated heterocycles. The van der Waals surface area contributed by atoms with Crippen molar-refractivity contribution < 1.29 is 18.1 Å². The minimum atomic E-state index is -0.928. The van der Waals surface area contributed by atoms with Crippen LogP contribution in [0.15, 0.2) is 28.8 Å². The van der Waals surface area contributed by atoms with E-state index < -0.39 is 17.5 Å². The molecule has 17 heavy (non-hydrogen) atoms. The van der Waals surface area contributed by atoms with E-state index in [1.807, 2.05) is 0 Å². The third kappa shape index (κ3) is 2.47. The fourth-order valence-corrected chi connectivity index (χ4v) is 1.28. The number of hydrogen-bond acceptors (Lipinski definition) is 3. The number of aromatic nitrogens is 1. The highest BCUT2D eigenvalue weighted by Crippen LogP contribution is 2.13. The summed E-state index contributed by atoms with van der Waals surface area (Å²) in [6.07, 6.45) is 0. The molecule has 0 aliphatic carbocycles. The second-order valence-corrected chi connectivity index (χ2v) is 3.40. The Hall–Kier alpha value is -2.24. The Labute approximate surface area is 95.2 Å². The van der Waals surface area contributed by atoms with Gasteiger partial charge in [0.1, 0.15) is 17.4 Å². The van der Waals surface area contributed by atoms with E-state index in [9.17, 15) is 13.6 Å². The van der Waals surface area contributed by atoms with E-state index in [1.54, 1.807) is 6.92 Å². The molecule has 0 atom stereocenters. The summed E-state index contributed by atoms with van der Waals surface area (Å²) in [6.45, 7) is 1.65. The van der Waals surface area contributed by atoms with Crippen LogP contribution in [0.4, 0.5) is 14.6 Å².